The summed E-state index contributed by atoms with van der Waals surface area (Å²) in [5.74, 6) is -2.07. The summed E-state index contributed by atoms with van der Waals surface area (Å²) in [6.07, 6.45) is -3.65. The van der Waals surface area contributed by atoms with Crippen molar-refractivity contribution in [3.8, 4) is 5.75 Å². The van der Waals surface area contributed by atoms with Gasteiger partial charge in [0, 0.05) is 28.9 Å². The second-order valence-electron chi connectivity index (χ2n) is 10.4. The molecule has 0 bridgehead atoms. The second-order valence-corrected chi connectivity index (χ2v) is 11.4. The molecule has 0 radical (unpaired) electrons. The van der Waals surface area contributed by atoms with Crippen molar-refractivity contribution in [2.75, 3.05) is 0 Å². The lowest BCUT2D eigenvalue weighted by atomic mass is 9.79. The molecule has 2 aromatic heterocycles. The lowest BCUT2D eigenvalue weighted by Crippen LogP contribution is -2.33. The molecular formula is C33H31BrF3N3O5. The lowest BCUT2D eigenvalue weighted by Gasteiger charge is -2.26. The number of ether oxygens (including phenoxy) is 1. The van der Waals surface area contributed by atoms with Gasteiger partial charge in [-0.1, -0.05) is 66.2 Å². The largest absolute Gasteiger partial charge is 0.490 e. The van der Waals surface area contributed by atoms with Crippen LogP contribution in [0, 0.1) is 5.41 Å². The van der Waals surface area contributed by atoms with Gasteiger partial charge in [-0.25, -0.2) is 14.8 Å². The summed E-state index contributed by atoms with van der Waals surface area (Å²) in [5.41, 5.74) is 3.78. The van der Waals surface area contributed by atoms with Gasteiger partial charge in [0.05, 0.1) is 27.7 Å². The normalized spacial score (nSPS) is 11.7. The molecule has 0 fully saturated rings. The summed E-state index contributed by atoms with van der Waals surface area (Å²) in [4.78, 5) is 30.8. The number of benzene rings is 3. The Balaban J connectivity index is 0.000000591. The first-order chi connectivity index (χ1) is 21.3. The molecular weight excluding hydrogens is 655 g/mol. The summed E-state index contributed by atoms with van der Waals surface area (Å²) < 4.78 is 41.0. The van der Waals surface area contributed by atoms with Gasteiger partial charge in [0.2, 0.25) is 0 Å². The van der Waals surface area contributed by atoms with Crippen LogP contribution in [0.5, 0.6) is 5.75 Å². The molecule has 0 aliphatic heterocycles. The van der Waals surface area contributed by atoms with E-state index < -0.39 is 23.5 Å². The molecule has 0 aliphatic carbocycles. The van der Waals surface area contributed by atoms with Crippen molar-refractivity contribution >= 4 is 49.8 Å². The van der Waals surface area contributed by atoms with Gasteiger partial charge in [-0.15, -0.1) is 0 Å². The maximum atomic E-state index is 12.3. The second kappa shape index (κ2) is 14.1. The first-order valence-electron chi connectivity index (χ1n) is 14.1. The Morgan fingerprint density at radius 2 is 1.53 bits per heavy atom. The van der Waals surface area contributed by atoms with Gasteiger partial charge >= 0.3 is 18.1 Å². The highest BCUT2D eigenvalue weighted by Gasteiger charge is 2.38. The fourth-order valence-electron chi connectivity index (χ4n) is 4.86. The number of carbonyl (C=O) groups is 2. The van der Waals surface area contributed by atoms with E-state index in [1.807, 2.05) is 74.5 Å². The molecule has 5 rings (SSSR count). The minimum Gasteiger partial charge on any atom is -0.487 e. The van der Waals surface area contributed by atoms with Crippen LogP contribution >= 0.6 is 15.9 Å². The maximum Gasteiger partial charge on any atom is 0.490 e. The number of hydrogen-bond acceptors (Lipinski definition) is 5. The Labute approximate surface area is 265 Å². The van der Waals surface area contributed by atoms with Crippen LogP contribution in [0.15, 0.2) is 83.3 Å². The number of para-hydroxylation sites is 1. The highest BCUT2D eigenvalue weighted by molar-refractivity contribution is 9.10. The van der Waals surface area contributed by atoms with E-state index in [1.165, 1.54) is 0 Å². The van der Waals surface area contributed by atoms with Crippen LogP contribution in [0.4, 0.5) is 13.2 Å². The number of carboxylic acid groups (broad SMARTS) is 2. The highest BCUT2D eigenvalue weighted by atomic mass is 79.9. The summed E-state index contributed by atoms with van der Waals surface area (Å²) in [5, 5.41) is 18.3. The fraction of sp³-hybridized carbons (Fsp3) is 0.273. The van der Waals surface area contributed by atoms with E-state index in [0.717, 1.165) is 43.5 Å². The first kappa shape index (κ1) is 33.4. The van der Waals surface area contributed by atoms with Crippen LogP contribution in [0.2, 0.25) is 0 Å². The fourth-order valence-corrected chi connectivity index (χ4v) is 5.12. The number of carboxylic acids is 2. The van der Waals surface area contributed by atoms with Gasteiger partial charge in [0.1, 0.15) is 18.2 Å². The molecule has 0 amide bonds. The van der Waals surface area contributed by atoms with Crippen molar-refractivity contribution in [2.24, 2.45) is 5.41 Å². The number of halogens is 4. The van der Waals surface area contributed by atoms with Crippen molar-refractivity contribution in [3.63, 3.8) is 0 Å². The Kier molecular flexibility index (Phi) is 10.5. The van der Waals surface area contributed by atoms with Crippen molar-refractivity contribution < 1.29 is 37.7 Å². The number of fused-ring (bicyclic) bond motifs is 2. The topological polar surface area (TPSA) is 115 Å². The molecule has 12 heteroatoms. The van der Waals surface area contributed by atoms with Crippen LogP contribution in [0.25, 0.3) is 21.9 Å². The van der Waals surface area contributed by atoms with Gasteiger partial charge in [-0.3, -0.25) is 4.79 Å². The lowest BCUT2D eigenvalue weighted by molar-refractivity contribution is -0.192. The van der Waals surface area contributed by atoms with Gasteiger partial charge in [0.15, 0.2) is 0 Å². The number of aromatic nitrogens is 3. The van der Waals surface area contributed by atoms with E-state index in [9.17, 15) is 23.1 Å². The van der Waals surface area contributed by atoms with Crippen LogP contribution in [-0.2, 0) is 29.2 Å². The Morgan fingerprint density at radius 1 is 0.867 bits per heavy atom. The molecule has 5 aromatic rings. The average molecular weight is 687 g/mol. The Morgan fingerprint density at radius 3 is 2.16 bits per heavy atom. The number of rotatable bonds is 10. The third-order valence-electron chi connectivity index (χ3n) is 7.64. The van der Waals surface area contributed by atoms with E-state index >= 15 is 0 Å². The smallest absolute Gasteiger partial charge is 0.487 e. The van der Waals surface area contributed by atoms with E-state index in [-0.39, 0.29) is 0 Å². The van der Waals surface area contributed by atoms with E-state index in [1.54, 1.807) is 0 Å². The SMILES string of the molecule is CCC(CC)(Cc1nc2cc(OCc3ccc4ccccc4n3)ccc2n1Cc1ccc(Br)cc1)C(=O)O.O=C(O)C(F)(F)F. The van der Waals surface area contributed by atoms with Crippen molar-refractivity contribution in [2.45, 2.75) is 52.4 Å². The molecule has 0 unspecified atom stereocenters. The van der Waals surface area contributed by atoms with E-state index in [0.29, 0.717) is 38.2 Å². The van der Waals surface area contributed by atoms with Gasteiger partial charge < -0.3 is 19.5 Å². The molecule has 8 nitrogen and oxygen atoms in total. The summed E-state index contributed by atoms with van der Waals surface area (Å²) >= 11 is 3.50. The summed E-state index contributed by atoms with van der Waals surface area (Å²) in [6.45, 7) is 4.82. The minimum atomic E-state index is -5.08. The van der Waals surface area contributed by atoms with Crippen LogP contribution in [-0.4, -0.2) is 42.9 Å². The average Bonchev–Trinajstić information content (AvgIpc) is 3.35. The molecule has 0 saturated carbocycles. The third-order valence-corrected chi connectivity index (χ3v) is 8.17. The molecule has 0 aliphatic rings. The highest BCUT2D eigenvalue weighted by Crippen LogP contribution is 2.33. The van der Waals surface area contributed by atoms with Gasteiger partial charge in [0.25, 0.3) is 0 Å². The molecule has 45 heavy (non-hydrogen) atoms. The number of nitrogens with zero attached hydrogens (tertiary/aromatic N) is 3. The summed E-state index contributed by atoms with van der Waals surface area (Å²) in [6, 6.07) is 26.1. The molecule has 3 aromatic carbocycles. The van der Waals surface area contributed by atoms with Crippen molar-refractivity contribution in [1.29, 1.82) is 0 Å². The number of hydrogen-bond donors (Lipinski definition) is 2. The van der Waals surface area contributed by atoms with Crippen molar-refractivity contribution in [1.82, 2.24) is 14.5 Å². The molecule has 0 saturated heterocycles. The van der Waals surface area contributed by atoms with E-state index in [4.69, 9.17) is 24.6 Å². The number of aliphatic carboxylic acids is 2. The zero-order valence-corrected chi connectivity index (χ0v) is 26.1. The standard InChI is InChI=1S/C31H30BrN3O3.C2HF3O2/c1-3-31(4-2,30(36)37)18-29-34-27-17-25(38-20-24-14-11-22-7-5-6-8-26(22)33-24)15-16-28(27)35(29)19-21-9-12-23(32)13-10-21;3-2(4,5)1(6)7/h5-17H,3-4,18-20H2,1-2H3,(H,36,37);(H,6,7). The molecule has 0 atom stereocenters. The summed E-state index contributed by atoms with van der Waals surface area (Å²) in [7, 11) is 0. The zero-order valence-electron chi connectivity index (χ0n) is 24.5. The van der Waals surface area contributed by atoms with Gasteiger partial charge in [-0.05, 0) is 54.8 Å². The quantitative estimate of drug-likeness (QED) is 0.153. The molecule has 236 valence electrons. The first-order valence-corrected chi connectivity index (χ1v) is 14.9. The van der Waals surface area contributed by atoms with Crippen LogP contribution < -0.4 is 4.74 Å². The number of alkyl halides is 3. The monoisotopic (exact) mass is 685 g/mol. The zero-order chi connectivity index (χ0) is 32.8. The number of pyridine rings is 1. The van der Waals surface area contributed by atoms with Crippen LogP contribution in [0.1, 0.15) is 43.8 Å². The van der Waals surface area contributed by atoms with Gasteiger partial charge in [-0.2, -0.15) is 13.2 Å². The maximum absolute atomic E-state index is 12.3. The molecule has 2 N–H and O–H groups in total. The van der Waals surface area contributed by atoms with Crippen molar-refractivity contribution in [3.05, 3.63) is 100 Å². The minimum absolute atomic E-state index is 0.344. The Bertz CT molecular complexity index is 1800. The van der Waals surface area contributed by atoms with E-state index in [2.05, 4.69) is 38.7 Å². The molecule has 0 spiro atoms. The predicted octanol–water partition coefficient (Wildman–Crippen LogP) is 8.04. The predicted molar refractivity (Wildman–Crippen MR) is 167 cm³/mol. The molecule has 2 heterocycles. The van der Waals surface area contributed by atoms with Crippen LogP contribution in [0.3, 0.4) is 0 Å². The Hall–Kier alpha value is -4.45. The third kappa shape index (κ3) is 8.18. The number of imidazole rings is 1.